The zero-order chi connectivity index (χ0) is 12.1. The number of carbonyl (C=O) groups is 1. The van der Waals surface area contributed by atoms with Crippen LogP contribution in [0.25, 0.3) is 0 Å². The first kappa shape index (κ1) is 13.5. The van der Waals surface area contributed by atoms with E-state index >= 15 is 0 Å². The standard InChI is InChI=1S/C12H23NO3/c1-8(2)6-10(14)7-13-12(15)11-9(3)4-5-16-11/h8-11,14H,4-7H2,1-3H3,(H,13,15). The van der Waals surface area contributed by atoms with Crippen molar-refractivity contribution in [3.8, 4) is 0 Å². The highest BCUT2D eigenvalue weighted by Crippen LogP contribution is 2.19. The van der Waals surface area contributed by atoms with Gasteiger partial charge in [0.25, 0.3) is 0 Å². The molecule has 0 saturated carbocycles. The van der Waals surface area contributed by atoms with E-state index in [0.29, 0.717) is 25.5 Å². The number of hydrogen-bond donors (Lipinski definition) is 2. The minimum absolute atomic E-state index is 0.0900. The van der Waals surface area contributed by atoms with Gasteiger partial charge in [-0.2, -0.15) is 0 Å². The maximum atomic E-state index is 11.7. The number of aliphatic hydroxyl groups excluding tert-OH is 1. The Morgan fingerprint density at radius 1 is 1.56 bits per heavy atom. The fourth-order valence-electron chi connectivity index (χ4n) is 1.98. The molecule has 4 nitrogen and oxygen atoms in total. The Balaban J connectivity index is 2.24. The van der Waals surface area contributed by atoms with Crippen LogP contribution in [0.15, 0.2) is 0 Å². The summed E-state index contributed by atoms with van der Waals surface area (Å²) in [4.78, 5) is 11.7. The third-order valence-corrected chi connectivity index (χ3v) is 2.90. The largest absolute Gasteiger partial charge is 0.391 e. The molecule has 0 bridgehead atoms. The van der Waals surface area contributed by atoms with E-state index in [1.807, 2.05) is 20.8 Å². The van der Waals surface area contributed by atoms with Gasteiger partial charge in [-0.1, -0.05) is 20.8 Å². The SMILES string of the molecule is CC(C)CC(O)CNC(=O)C1OCCC1C. The van der Waals surface area contributed by atoms with Gasteiger partial charge in [0.15, 0.2) is 0 Å². The Labute approximate surface area is 97.4 Å². The summed E-state index contributed by atoms with van der Waals surface area (Å²) in [6.07, 6.45) is 0.862. The molecule has 0 aromatic carbocycles. The molecule has 3 unspecified atom stereocenters. The Kier molecular flexibility index (Phi) is 5.22. The van der Waals surface area contributed by atoms with E-state index in [-0.39, 0.29) is 17.9 Å². The van der Waals surface area contributed by atoms with E-state index in [1.165, 1.54) is 0 Å². The second kappa shape index (κ2) is 6.21. The predicted octanol–water partition coefficient (Wildman–Crippen LogP) is 0.935. The number of amides is 1. The summed E-state index contributed by atoms with van der Waals surface area (Å²) in [6, 6.07) is 0. The molecule has 1 fully saturated rings. The molecular weight excluding hydrogens is 206 g/mol. The van der Waals surface area contributed by atoms with Gasteiger partial charge in [-0.25, -0.2) is 0 Å². The molecule has 16 heavy (non-hydrogen) atoms. The first-order chi connectivity index (χ1) is 7.50. The summed E-state index contributed by atoms with van der Waals surface area (Å²) < 4.78 is 5.35. The van der Waals surface area contributed by atoms with Gasteiger partial charge in [-0.3, -0.25) is 4.79 Å². The fraction of sp³-hybridized carbons (Fsp3) is 0.917. The van der Waals surface area contributed by atoms with Crippen molar-refractivity contribution < 1.29 is 14.6 Å². The van der Waals surface area contributed by atoms with Crippen molar-refractivity contribution in [2.75, 3.05) is 13.2 Å². The van der Waals surface area contributed by atoms with Gasteiger partial charge < -0.3 is 15.2 Å². The highest BCUT2D eigenvalue weighted by Gasteiger charge is 2.30. The van der Waals surface area contributed by atoms with E-state index < -0.39 is 6.10 Å². The third kappa shape index (κ3) is 4.10. The Morgan fingerprint density at radius 2 is 2.25 bits per heavy atom. The number of carbonyl (C=O) groups excluding carboxylic acids is 1. The number of rotatable bonds is 5. The maximum Gasteiger partial charge on any atom is 0.249 e. The number of ether oxygens (including phenoxy) is 1. The van der Waals surface area contributed by atoms with Crippen molar-refractivity contribution in [1.29, 1.82) is 0 Å². The van der Waals surface area contributed by atoms with Gasteiger partial charge >= 0.3 is 0 Å². The van der Waals surface area contributed by atoms with E-state index in [9.17, 15) is 9.90 Å². The Hall–Kier alpha value is -0.610. The zero-order valence-electron chi connectivity index (χ0n) is 10.4. The molecule has 1 heterocycles. The van der Waals surface area contributed by atoms with Gasteiger partial charge in [0, 0.05) is 13.2 Å². The third-order valence-electron chi connectivity index (χ3n) is 2.90. The molecule has 1 amide bonds. The lowest BCUT2D eigenvalue weighted by Crippen LogP contribution is -2.41. The lowest BCUT2D eigenvalue weighted by Gasteiger charge is -2.17. The molecule has 1 aliphatic heterocycles. The zero-order valence-corrected chi connectivity index (χ0v) is 10.4. The van der Waals surface area contributed by atoms with Crippen LogP contribution in [0.2, 0.25) is 0 Å². The Bertz CT molecular complexity index is 230. The summed E-state index contributed by atoms with van der Waals surface area (Å²) in [5.41, 5.74) is 0. The first-order valence-electron chi connectivity index (χ1n) is 6.08. The second-order valence-corrected chi connectivity index (χ2v) is 5.09. The van der Waals surface area contributed by atoms with E-state index in [4.69, 9.17) is 4.74 Å². The highest BCUT2D eigenvalue weighted by molar-refractivity contribution is 5.81. The van der Waals surface area contributed by atoms with Crippen LogP contribution in [0.4, 0.5) is 0 Å². The first-order valence-corrected chi connectivity index (χ1v) is 6.08. The molecular formula is C12H23NO3. The molecule has 0 spiro atoms. The van der Waals surface area contributed by atoms with Crippen LogP contribution in [-0.2, 0) is 9.53 Å². The molecule has 0 radical (unpaired) electrons. The van der Waals surface area contributed by atoms with Crippen molar-refractivity contribution in [1.82, 2.24) is 5.32 Å². The lowest BCUT2D eigenvalue weighted by molar-refractivity contribution is -0.132. The van der Waals surface area contributed by atoms with Gasteiger partial charge in [0.1, 0.15) is 6.10 Å². The number of nitrogens with one attached hydrogen (secondary N) is 1. The van der Waals surface area contributed by atoms with Crippen LogP contribution in [0.5, 0.6) is 0 Å². The average molecular weight is 229 g/mol. The molecule has 1 aliphatic rings. The smallest absolute Gasteiger partial charge is 0.249 e. The van der Waals surface area contributed by atoms with Crippen molar-refractivity contribution in [2.45, 2.75) is 45.8 Å². The molecule has 4 heteroatoms. The maximum absolute atomic E-state index is 11.7. The van der Waals surface area contributed by atoms with E-state index in [0.717, 1.165) is 6.42 Å². The van der Waals surface area contributed by atoms with Crippen molar-refractivity contribution in [3.05, 3.63) is 0 Å². The molecule has 1 saturated heterocycles. The van der Waals surface area contributed by atoms with Crippen LogP contribution < -0.4 is 5.32 Å². The van der Waals surface area contributed by atoms with E-state index in [1.54, 1.807) is 0 Å². The fourth-order valence-corrected chi connectivity index (χ4v) is 1.98. The van der Waals surface area contributed by atoms with Crippen molar-refractivity contribution >= 4 is 5.91 Å². The minimum Gasteiger partial charge on any atom is -0.391 e. The number of aliphatic hydroxyl groups is 1. The van der Waals surface area contributed by atoms with Gasteiger partial charge in [-0.15, -0.1) is 0 Å². The second-order valence-electron chi connectivity index (χ2n) is 5.09. The summed E-state index contributed by atoms with van der Waals surface area (Å²) in [6.45, 7) is 7.10. The van der Waals surface area contributed by atoms with Gasteiger partial charge in [0.2, 0.25) is 5.91 Å². The lowest BCUT2D eigenvalue weighted by atomic mass is 10.0. The molecule has 0 aromatic rings. The van der Waals surface area contributed by atoms with Crippen molar-refractivity contribution in [2.24, 2.45) is 11.8 Å². The van der Waals surface area contributed by atoms with Crippen LogP contribution in [0.3, 0.4) is 0 Å². The van der Waals surface area contributed by atoms with Crippen LogP contribution in [-0.4, -0.2) is 36.4 Å². The summed E-state index contributed by atoms with van der Waals surface area (Å²) in [5.74, 6) is 0.628. The predicted molar refractivity (Wildman–Crippen MR) is 62.0 cm³/mol. The minimum atomic E-state index is -0.458. The van der Waals surface area contributed by atoms with Crippen LogP contribution in [0.1, 0.15) is 33.6 Å². The Morgan fingerprint density at radius 3 is 2.75 bits per heavy atom. The molecule has 2 N–H and O–H groups in total. The normalized spacial score (nSPS) is 27.1. The topological polar surface area (TPSA) is 58.6 Å². The molecule has 94 valence electrons. The quantitative estimate of drug-likeness (QED) is 0.737. The molecule has 1 rings (SSSR count). The van der Waals surface area contributed by atoms with Crippen molar-refractivity contribution in [3.63, 3.8) is 0 Å². The van der Waals surface area contributed by atoms with Crippen LogP contribution in [0, 0.1) is 11.8 Å². The monoisotopic (exact) mass is 229 g/mol. The van der Waals surface area contributed by atoms with Gasteiger partial charge in [-0.05, 0) is 24.7 Å². The summed E-state index contributed by atoms with van der Waals surface area (Å²) in [7, 11) is 0. The van der Waals surface area contributed by atoms with Gasteiger partial charge in [0.05, 0.1) is 6.10 Å². The summed E-state index contributed by atoms with van der Waals surface area (Å²) >= 11 is 0. The molecule has 0 aromatic heterocycles. The molecule has 3 atom stereocenters. The average Bonchev–Trinajstić information content (AvgIpc) is 2.60. The van der Waals surface area contributed by atoms with Crippen LogP contribution >= 0.6 is 0 Å². The number of hydrogen-bond acceptors (Lipinski definition) is 3. The molecule has 0 aliphatic carbocycles. The van der Waals surface area contributed by atoms with E-state index in [2.05, 4.69) is 5.32 Å². The highest BCUT2D eigenvalue weighted by atomic mass is 16.5. The summed E-state index contributed by atoms with van der Waals surface area (Å²) in [5, 5.41) is 12.4.